The number of fused-ring (bicyclic) bond motifs is 2. The summed E-state index contributed by atoms with van der Waals surface area (Å²) in [5, 5.41) is 0. The molecule has 1 aliphatic heterocycles. The molecule has 3 heterocycles. The molecule has 1 aliphatic rings. The number of hydrogen-bond acceptors (Lipinski definition) is 3. The summed E-state index contributed by atoms with van der Waals surface area (Å²) >= 11 is 0. The smallest absolute Gasteiger partial charge is 0.161 e. The average molecular weight is 303 g/mol. The predicted molar refractivity (Wildman–Crippen MR) is 77.2 cm³/mol. The highest BCUT2D eigenvalue weighted by atomic mass is 19.2. The number of nitrogens with one attached hydrogen (secondary N) is 2. The molecular weight excluding hydrogens is 288 g/mol. The number of aromatic amines is 2. The summed E-state index contributed by atoms with van der Waals surface area (Å²) in [7, 11) is 0. The lowest BCUT2D eigenvalue weighted by molar-refractivity contribution is 0.236. The van der Waals surface area contributed by atoms with Gasteiger partial charge in [-0.3, -0.25) is 4.90 Å². The van der Waals surface area contributed by atoms with E-state index in [-0.39, 0.29) is 0 Å². The van der Waals surface area contributed by atoms with E-state index >= 15 is 0 Å². The molecule has 5 nitrogen and oxygen atoms in total. The van der Waals surface area contributed by atoms with Crippen molar-refractivity contribution in [3.63, 3.8) is 0 Å². The molecule has 0 saturated carbocycles. The Morgan fingerprint density at radius 1 is 1.18 bits per heavy atom. The van der Waals surface area contributed by atoms with Crippen LogP contribution in [0.25, 0.3) is 11.0 Å². The molecule has 22 heavy (non-hydrogen) atoms. The minimum absolute atomic E-state index is 0.448. The van der Waals surface area contributed by atoms with Crippen molar-refractivity contribution < 1.29 is 8.78 Å². The summed E-state index contributed by atoms with van der Waals surface area (Å²) in [5.41, 5.74) is 3.23. The molecular formula is C15H15F2N5. The fourth-order valence-corrected chi connectivity index (χ4v) is 2.97. The number of benzene rings is 1. The lowest BCUT2D eigenvalue weighted by Crippen LogP contribution is -2.30. The normalized spacial score (nSPS) is 15.4. The van der Waals surface area contributed by atoms with E-state index in [2.05, 4.69) is 24.8 Å². The van der Waals surface area contributed by atoms with Gasteiger partial charge in [-0.05, 0) is 6.92 Å². The standard InChI is InChI=1S/C15H15F2N5/c1-8-18-11-2-3-22(6-14(11)19-8)7-15-20-12-4-9(16)10(17)5-13(12)21-15/h4-5H,2-3,6-7H2,1H3,(H,18,19)(H,20,21). The Morgan fingerprint density at radius 2 is 2.00 bits per heavy atom. The minimum Gasteiger partial charge on any atom is -0.345 e. The summed E-state index contributed by atoms with van der Waals surface area (Å²) in [6.45, 7) is 4.22. The van der Waals surface area contributed by atoms with E-state index < -0.39 is 11.6 Å². The van der Waals surface area contributed by atoms with Crippen LogP contribution in [0.2, 0.25) is 0 Å². The zero-order valence-electron chi connectivity index (χ0n) is 12.1. The average Bonchev–Trinajstić information content (AvgIpc) is 3.01. The van der Waals surface area contributed by atoms with Gasteiger partial charge in [-0.15, -0.1) is 0 Å². The van der Waals surface area contributed by atoms with Crippen LogP contribution in [0.3, 0.4) is 0 Å². The number of aryl methyl sites for hydroxylation is 1. The number of H-pyrrole nitrogens is 2. The highest BCUT2D eigenvalue weighted by Crippen LogP contribution is 2.20. The molecule has 0 unspecified atom stereocenters. The van der Waals surface area contributed by atoms with Gasteiger partial charge >= 0.3 is 0 Å². The molecule has 0 bridgehead atoms. The molecule has 0 atom stereocenters. The Morgan fingerprint density at radius 3 is 2.86 bits per heavy atom. The molecule has 7 heteroatoms. The second kappa shape index (κ2) is 4.88. The third kappa shape index (κ3) is 2.27. The van der Waals surface area contributed by atoms with Crippen LogP contribution in [0.4, 0.5) is 8.78 Å². The van der Waals surface area contributed by atoms with Gasteiger partial charge in [0.2, 0.25) is 0 Å². The van der Waals surface area contributed by atoms with Gasteiger partial charge < -0.3 is 9.97 Å². The maximum Gasteiger partial charge on any atom is 0.161 e. The van der Waals surface area contributed by atoms with Gasteiger partial charge in [0, 0.05) is 31.6 Å². The maximum atomic E-state index is 13.2. The van der Waals surface area contributed by atoms with Crippen molar-refractivity contribution >= 4 is 11.0 Å². The van der Waals surface area contributed by atoms with Gasteiger partial charge in [0.05, 0.1) is 29.0 Å². The van der Waals surface area contributed by atoms with Crippen LogP contribution in [0.1, 0.15) is 23.0 Å². The summed E-state index contributed by atoms with van der Waals surface area (Å²) in [4.78, 5) is 17.4. The monoisotopic (exact) mass is 303 g/mol. The van der Waals surface area contributed by atoms with E-state index in [1.54, 1.807) is 0 Å². The second-order valence-electron chi connectivity index (χ2n) is 5.68. The summed E-state index contributed by atoms with van der Waals surface area (Å²) in [6.07, 6.45) is 0.892. The molecule has 114 valence electrons. The molecule has 0 amide bonds. The van der Waals surface area contributed by atoms with Gasteiger partial charge in [-0.25, -0.2) is 18.7 Å². The van der Waals surface area contributed by atoms with Crippen LogP contribution in [0.5, 0.6) is 0 Å². The highest BCUT2D eigenvalue weighted by Gasteiger charge is 2.20. The number of imidazole rings is 2. The fraction of sp³-hybridized carbons (Fsp3) is 0.333. The maximum absolute atomic E-state index is 13.2. The number of rotatable bonds is 2. The van der Waals surface area contributed by atoms with Crippen LogP contribution < -0.4 is 0 Å². The van der Waals surface area contributed by atoms with Crippen LogP contribution in [0, 0.1) is 18.6 Å². The van der Waals surface area contributed by atoms with E-state index in [0.29, 0.717) is 23.4 Å². The molecule has 0 saturated heterocycles. The molecule has 3 aromatic rings. The van der Waals surface area contributed by atoms with Crippen LogP contribution in [-0.4, -0.2) is 31.4 Å². The van der Waals surface area contributed by atoms with Crippen molar-refractivity contribution in [3.8, 4) is 0 Å². The lowest BCUT2D eigenvalue weighted by atomic mass is 10.1. The molecule has 0 fully saturated rings. The quantitative estimate of drug-likeness (QED) is 0.764. The molecule has 2 aromatic heterocycles. The first-order valence-corrected chi connectivity index (χ1v) is 7.19. The van der Waals surface area contributed by atoms with Crippen molar-refractivity contribution in [2.45, 2.75) is 26.4 Å². The van der Waals surface area contributed by atoms with E-state index in [0.717, 1.165) is 48.9 Å². The molecule has 1 aromatic carbocycles. The van der Waals surface area contributed by atoms with E-state index in [4.69, 9.17) is 0 Å². The summed E-state index contributed by atoms with van der Waals surface area (Å²) in [6, 6.07) is 2.27. The van der Waals surface area contributed by atoms with E-state index in [9.17, 15) is 8.78 Å². The third-order valence-electron chi connectivity index (χ3n) is 3.98. The van der Waals surface area contributed by atoms with Crippen molar-refractivity contribution in [1.29, 1.82) is 0 Å². The van der Waals surface area contributed by atoms with Gasteiger partial charge in [-0.2, -0.15) is 0 Å². The first kappa shape index (κ1) is 13.4. The second-order valence-corrected chi connectivity index (χ2v) is 5.68. The zero-order chi connectivity index (χ0) is 15.3. The Bertz CT molecular complexity index is 812. The van der Waals surface area contributed by atoms with Gasteiger partial charge in [-0.1, -0.05) is 0 Å². The van der Waals surface area contributed by atoms with Gasteiger partial charge in [0.15, 0.2) is 11.6 Å². The molecule has 0 aliphatic carbocycles. The summed E-state index contributed by atoms with van der Waals surface area (Å²) in [5.74, 6) is -0.0967. The van der Waals surface area contributed by atoms with Crippen LogP contribution in [0.15, 0.2) is 12.1 Å². The Hall–Kier alpha value is -2.28. The number of halogens is 2. The lowest BCUT2D eigenvalue weighted by Gasteiger charge is -2.24. The minimum atomic E-state index is -0.874. The number of hydrogen-bond donors (Lipinski definition) is 2. The molecule has 2 N–H and O–H groups in total. The van der Waals surface area contributed by atoms with Crippen molar-refractivity contribution in [3.05, 3.63) is 46.8 Å². The predicted octanol–water partition coefficient (Wildman–Crippen LogP) is 2.43. The Kier molecular flexibility index (Phi) is 2.97. The molecule has 0 spiro atoms. The van der Waals surface area contributed by atoms with Crippen molar-refractivity contribution in [2.24, 2.45) is 0 Å². The first-order valence-electron chi connectivity index (χ1n) is 7.19. The van der Waals surface area contributed by atoms with Gasteiger partial charge in [0.25, 0.3) is 0 Å². The van der Waals surface area contributed by atoms with Crippen molar-refractivity contribution in [2.75, 3.05) is 6.54 Å². The van der Waals surface area contributed by atoms with Crippen LogP contribution >= 0.6 is 0 Å². The Labute approximate surface area is 125 Å². The number of aromatic nitrogens is 4. The first-order chi connectivity index (χ1) is 10.6. The van der Waals surface area contributed by atoms with E-state index in [1.165, 1.54) is 0 Å². The fourth-order valence-electron chi connectivity index (χ4n) is 2.97. The van der Waals surface area contributed by atoms with E-state index in [1.807, 2.05) is 6.92 Å². The molecule has 4 rings (SSSR count). The molecule has 0 radical (unpaired) electrons. The van der Waals surface area contributed by atoms with Gasteiger partial charge in [0.1, 0.15) is 11.6 Å². The highest BCUT2D eigenvalue weighted by molar-refractivity contribution is 5.75. The van der Waals surface area contributed by atoms with Crippen molar-refractivity contribution in [1.82, 2.24) is 24.8 Å². The third-order valence-corrected chi connectivity index (χ3v) is 3.98. The topological polar surface area (TPSA) is 60.6 Å². The zero-order valence-corrected chi connectivity index (χ0v) is 12.1. The number of nitrogens with zero attached hydrogens (tertiary/aromatic N) is 3. The largest absolute Gasteiger partial charge is 0.345 e. The Balaban J connectivity index is 1.56. The van der Waals surface area contributed by atoms with Crippen LogP contribution in [-0.2, 0) is 19.5 Å². The summed E-state index contributed by atoms with van der Waals surface area (Å²) < 4.78 is 26.5. The SMILES string of the molecule is Cc1nc2c([nH]1)CN(Cc1nc3cc(F)c(F)cc3[nH]1)CC2.